The Morgan fingerprint density at radius 2 is 2.06 bits per heavy atom. The maximum atomic E-state index is 6.15. The van der Waals surface area contributed by atoms with Crippen LogP contribution < -0.4 is 0 Å². The highest BCUT2D eigenvalue weighted by molar-refractivity contribution is 6.32. The SMILES string of the molecule is CC(C)CN(Cc1nc(Cl)ccc1Cl)C1CC1. The summed E-state index contributed by atoms with van der Waals surface area (Å²) in [5.41, 5.74) is 0.895. The molecule has 2 rings (SSSR count). The van der Waals surface area contributed by atoms with Gasteiger partial charge >= 0.3 is 0 Å². The van der Waals surface area contributed by atoms with Crippen LogP contribution in [0, 0.1) is 5.92 Å². The van der Waals surface area contributed by atoms with Crippen molar-refractivity contribution < 1.29 is 0 Å². The van der Waals surface area contributed by atoms with Gasteiger partial charge in [-0.15, -0.1) is 0 Å². The third kappa shape index (κ3) is 3.84. The largest absolute Gasteiger partial charge is 0.294 e. The average Bonchev–Trinajstić information content (AvgIpc) is 3.05. The molecule has 0 saturated heterocycles. The summed E-state index contributed by atoms with van der Waals surface area (Å²) in [5, 5.41) is 1.23. The highest BCUT2D eigenvalue weighted by atomic mass is 35.5. The van der Waals surface area contributed by atoms with Crippen LogP contribution in [0.25, 0.3) is 0 Å². The van der Waals surface area contributed by atoms with Crippen LogP contribution in [0.3, 0.4) is 0 Å². The van der Waals surface area contributed by atoms with Crippen LogP contribution in [-0.4, -0.2) is 22.5 Å². The molecular weight excluding hydrogens is 255 g/mol. The summed E-state index contributed by atoms with van der Waals surface area (Å²) in [6, 6.07) is 4.28. The zero-order valence-electron chi connectivity index (χ0n) is 10.3. The van der Waals surface area contributed by atoms with Gasteiger partial charge in [-0.25, -0.2) is 4.98 Å². The summed E-state index contributed by atoms with van der Waals surface area (Å²) in [4.78, 5) is 6.79. The lowest BCUT2D eigenvalue weighted by Gasteiger charge is -2.24. The molecule has 1 aliphatic rings. The fourth-order valence-electron chi connectivity index (χ4n) is 2.01. The van der Waals surface area contributed by atoms with Crippen LogP contribution in [-0.2, 0) is 6.54 Å². The first-order valence-electron chi connectivity index (χ1n) is 6.11. The molecule has 1 aliphatic carbocycles. The van der Waals surface area contributed by atoms with E-state index in [0.29, 0.717) is 22.1 Å². The summed E-state index contributed by atoms with van der Waals surface area (Å²) < 4.78 is 0. The fourth-order valence-corrected chi connectivity index (χ4v) is 2.34. The van der Waals surface area contributed by atoms with Crippen LogP contribution in [0.15, 0.2) is 12.1 Å². The van der Waals surface area contributed by atoms with E-state index in [2.05, 4.69) is 23.7 Å². The molecular formula is C13H18Cl2N2. The van der Waals surface area contributed by atoms with Crippen molar-refractivity contribution in [2.75, 3.05) is 6.54 Å². The summed E-state index contributed by atoms with van der Waals surface area (Å²) in [5.74, 6) is 0.661. The minimum Gasteiger partial charge on any atom is -0.294 e. The highest BCUT2D eigenvalue weighted by Crippen LogP contribution is 2.30. The van der Waals surface area contributed by atoms with Crippen LogP contribution in [0.1, 0.15) is 32.4 Å². The van der Waals surface area contributed by atoms with Crippen LogP contribution in [0.4, 0.5) is 0 Å². The molecule has 4 heteroatoms. The molecule has 1 aromatic rings. The Bertz CT molecular complexity index is 389. The van der Waals surface area contributed by atoms with Crippen molar-refractivity contribution in [3.63, 3.8) is 0 Å². The maximum Gasteiger partial charge on any atom is 0.129 e. The van der Waals surface area contributed by atoms with Crippen molar-refractivity contribution in [1.82, 2.24) is 9.88 Å². The van der Waals surface area contributed by atoms with E-state index in [-0.39, 0.29) is 0 Å². The van der Waals surface area contributed by atoms with Gasteiger partial charge in [-0.05, 0) is 30.9 Å². The number of aromatic nitrogens is 1. The van der Waals surface area contributed by atoms with Gasteiger partial charge in [0.05, 0.1) is 10.7 Å². The predicted molar refractivity (Wildman–Crippen MR) is 72.5 cm³/mol. The van der Waals surface area contributed by atoms with E-state index in [1.165, 1.54) is 12.8 Å². The Morgan fingerprint density at radius 3 is 2.65 bits per heavy atom. The molecule has 0 spiro atoms. The number of hydrogen-bond acceptors (Lipinski definition) is 2. The van der Waals surface area contributed by atoms with Gasteiger partial charge in [0, 0.05) is 19.1 Å². The zero-order valence-corrected chi connectivity index (χ0v) is 11.8. The molecule has 1 heterocycles. The first-order chi connectivity index (χ1) is 8.06. The standard InChI is InChI=1S/C13H18Cl2N2/c1-9(2)7-17(10-3-4-10)8-12-11(14)5-6-13(15)16-12/h5-6,9-10H,3-4,7-8H2,1-2H3. The zero-order chi connectivity index (χ0) is 12.4. The van der Waals surface area contributed by atoms with E-state index < -0.39 is 0 Å². The van der Waals surface area contributed by atoms with Gasteiger partial charge in [0.25, 0.3) is 0 Å². The van der Waals surface area contributed by atoms with Gasteiger partial charge in [0.2, 0.25) is 0 Å². The highest BCUT2D eigenvalue weighted by Gasteiger charge is 2.29. The van der Waals surface area contributed by atoms with Gasteiger partial charge in [0.15, 0.2) is 0 Å². The third-order valence-electron chi connectivity index (χ3n) is 2.90. The number of rotatable bonds is 5. The Hall–Kier alpha value is -0.310. The molecule has 94 valence electrons. The van der Waals surface area contributed by atoms with Gasteiger partial charge in [-0.1, -0.05) is 37.0 Å². The number of hydrogen-bond donors (Lipinski definition) is 0. The van der Waals surface area contributed by atoms with Gasteiger partial charge in [-0.3, -0.25) is 4.90 Å². The van der Waals surface area contributed by atoms with Crippen LogP contribution in [0.2, 0.25) is 10.2 Å². The molecule has 0 bridgehead atoms. The molecule has 0 aromatic carbocycles. The summed E-state index contributed by atoms with van der Waals surface area (Å²) in [7, 11) is 0. The summed E-state index contributed by atoms with van der Waals surface area (Å²) in [6.45, 7) is 6.38. The lowest BCUT2D eigenvalue weighted by atomic mass is 10.2. The normalized spacial score (nSPS) is 15.9. The average molecular weight is 273 g/mol. The van der Waals surface area contributed by atoms with E-state index in [4.69, 9.17) is 23.2 Å². The molecule has 0 aliphatic heterocycles. The molecule has 0 unspecified atom stereocenters. The molecule has 1 aromatic heterocycles. The van der Waals surface area contributed by atoms with Gasteiger partial charge in [0.1, 0.15) is 5.15 Å². The number of pyridine rings is 1. The molecule has 0 N–H and O–H groups in total. The van der Waals surface area contributed by atoms with E-state index >= 15 is 0 Å². The van der Waals surface area contributed by atoms with Crippen molar-refractivity contribution in [3.8, 4) is 0 Å². The second-order valence-electron chi connectivity index (χ2n) is 5.12. The van der Waals surface area contributed by atoms with Gasteiger partial charge in [-0.2, -0.15) is 0 Å². The monoisotopic (exact) mass is 272 g/mol. The first kappa shape index (κ1) is 13.1. The van der Waals surface area contributed by atoms with Crippen molar-refractivity contribution in [3.05, 3.63) is 28.0 Å². The molecule has 0 atom stereocenters. The molecule has 1 fully saturated rings. The fraction of sp³-hybridized carbons (Fsp3) is 0.615. The molecule has 0 radical (unpaired) electrons. The van der Waals surface area contributed by atoms with Crippen LogP contribution >= 0.6 is 23.2 Å². The second kappa shape index (κ2) is 5.55. The van der Waals surface area contributed by atoms with E-state index in [1.54, 1.807) is 6.07 Å². The topological polar surface area (TPSA) is 16.1 Å². The maximum absolute atomic E-state index is 6.15. The van der Waals surface area contributed by atoms with Crippen molar-refractivity contribution in [2.45, 2.75) is 39.3 Å². The summed E-state index contributed by atoms with van der Waals surface area (Å²) in [6.07, 6.45) is 2.59. The van der Waals surface area contributed by atoms with Crippen molar-refractivity contribution in [1.29, 1.82) is 0 Å². The Kier molecular flexibility index (Phi) is 4.29. The van der Waals surface area contributed by atoms with Crippen molar-refractivity contribution >= 4 is 23.2 Å². The third-order valence-corrected chi connectivity index (χ3v) is 3.46. The summed E-state index contributed by atoms with van der Waals surface area (Å²) >= 11 is 12.1. The quantitative estimate of drug-likeness (QED) is 0.753. The van der Waals surface area contributed by atoms with E-state index in [0.717, 1.165) is 18.8 Å². The Balaban J connectivity index is 2.08. The molecule has 2 nitrogen and oxygen atoms in total. The van der Waals surface area contributed by atoms with Gasteiger partial charge < -0.3 is 0 Å². The smallest absolute Gasteiger partial charge is 0.129 e. The minimum absolute atomic E-state index is 0.518. The van der Waals surface area contributed by atoms with E-state index in [1.807, 2.05) is 6.07 Å². The molecule has 17 heavy (non-hydrogen) atoms. The Morgan fingerprint density at radius 1 is 1.35 bits per heavy atom. The minimum atomic E-state index is 0.518. The van der Waals surface area contributed by atoms with Crippen LogP contribution in [0.5, 0.6) is 0 Å². The predicted octanol–water partition coefficient (Wildman–Crippen LogP) is 4.01. The lowest BCUT2D eigenvalue weighted by molar-refractivity contribution is 0.223. The molecule has 0 amide bonds. The lowest BCUT2D eigenvalue weighted by Crippen LogP contribution is -2.30. The second-order valence-corrected chi connectivity index (χ2v) is 5.91. The number of halogens is 2. The van der Waals surface area contributed by atoms with Crippen molar-refractivity contribution in [2.24, 2.45) is 5.92 Å². The molecule has 1 saturated carbocycles. The van der Waals surface area contributed by atoms with E-state index in [9.17, 15) is 0 Å². The Labute approximate surface area is 113 Å². The number of nitrogens with zero attached hydrogens (tertiary/aromatic N) is 2. The first-order valence-corrected chi connectivity index (χ1v) is 6.87.